The maximum atomic E-state index is 12.7. The van der Waals surface area contributed by atoms with E-state index in [-0.39, 0.29) is 12.7 Å². The number of ether oxygens (including phenoxy) is 2. The third-order valence-electron chi connectivity index (χ3n) is 4.58. The van der Waals surface area contributed by atoms with Gasteiger partial charge in [-0.15, -0.1) is 0 Å². The van der Waals surface area contributed by atoms with Gasteiger partial charge in [0.15, 0.2) is 12.9 Å². The number of aryl methyl sites for hydroxylation is 2. The van der Waals surface area contributed by atoms with E-state index in [1.54, 1.807) is 0 Å². The lowest BCUT2D eigenvalue weighted by Gasteiger charge is -2.25. The first-order valence-corrected chi connectivity index (χ1v) is 8.41. The predicted molar refractivity (Wildman–Crippen MR) is 96.7 cm³/mol. The van der Waals surface area contributed by atoms with Crippen LogP contribution < -0.4 is 10.1 Å². The highest BCUT2D eigenvalue weighted by atomic mass is 16.7. The largest absolute Gasteiger partial charge is 0.467 e. The van der Waals surface area contributed by atoms with E-state index in [0.717, 1.165) is 23.2 Å². The molecule has 1 amide bonds. The summed E-state index contributed by atoms with van der Waals surface area (Å²) in [6.45, 7) is 5.22. The number of rotatable bonds is 3. The van der Waals surface area contributed by atoms with Crippen LogP contribution in [-0.2, 0) is 16.1 Å². The lowest BCUT2D eigenvalue weighted by atomic mass is 10.1. The van der Waals surface area contributed by atoms with Crippen LogP contribution in [0.2, 0.25) is 0 Å². The minimum Gasteiger partial charge on any atom is -0.467 e. The lowest BCUT2D eigenvalue weighted by Crippen LogP contribution is -2.28. The van der Waals surface area contributed by atoms with E-state index >= 15 is 0 Å². The van der Waals surface area contributed by atoms with Gasteiger partial charge in [-0.2, -0.15) is 0 Å². The molecule has 3 aromatic rings. The van der Waals surface area contributed by atoms with Gasteiger partial charge in [-0.1, -0.05) is 18.2 Å². The lowest BCUT2D eigenvalue weighted by molar-refractivity contribution is -0.136. The molecule has 0 bridgehead atoms. The van der Waals surface area contributed by atoms with Crippen LogP contribution in [0.3, 0.4) is 0 Å². The second-order valence-electron chi connectivity index (χ2n) is 6.14. The van der Waals surface area contributed by atoms with E-state index in [9.17, 15) is 4.79 Å². The second-order valence-corrected chi connectivity index (χ2v) is 6.14. The molecule has 1 atom stereocenters. The highest BCUT2D eigenvalue weighted by Crippen LogP contribution is 2.32. The Morgan fingerprint density at radius 1 is 1.24 bits per heavy atom. The molecule has 25 heavy (non-hydrogen) atoms. The molecule has 2 aromatic carbocycles. The molecule has 0 saturated heterocycles. The number of aromatic nitrogens is 1. The van der Waals surface area contributed by atoms with E-state index in [0.29, 0.717) is 5.75 Å². The molecule has 5 nitrogen and oxygen atoms in total. The minimum absolute atomic E-state index is 0.0761. The number of carbonyl (C=O) groups is 1. The molecule has 1 N–H and O–H groups in total. The summed E-state index contributed by atoms with van der Waals surface area (Å²) < 4.78 is 13.2. The summed E-state index contributed by atoms with van der Waals surface area (Å²) in [7, 11) is 0. The summed E-state index contributed by atoms with van der Waals surface area (Å²) in [6.07, 6.45) is -0.664. The molecule has 128 valence electrons. The number of anilines is 1. The molecule has 0 unspecified atom stereocenters. The van der Waals surface area contributed by atoms with Crippen LogP contribution in [0.15, 0.2) is 48.5 Å². The number of amides is 1. The Balaban J connectivity index is 1.60. The van der Waals surface area contributed by atoms with Crippen molar-refractivity contribution in [3.05, 3.63) is 59.8 Å². The predicted octanol–water partition coefficient (Wildman–Crippen LogP) is 4.02. The van der Waals surface area contributed by atoms with E-state index in [1.165, 1.54) is 11.2 Å². The fraction of sp³-hybridized carbons (Fsp3) is 0.250. The Kier molecular flexibility index (Phi) is 3.93. The van der Waals surface area contributed by atoms with Crippen molar-refractivity contribution in [2.24, 2.45) is 0 Å². The van der Waals surface area contributed by atoms with Gasteiger partial charge in [0, 0.05) is 34.4 Å². The van der Waals surface area contributed by atoms with Gasteiger partial charge in [0.25, 0.3) is 5.91 Å². The molecule has 0 fully saturated rings. The van der Waals surface area contributed by atoms with Gasteiger partial charge in [-0.3, -0.25) is 4.79 Å². The Morgan fingerprint density at radius 3 is 2.92 bits per heavy atom. The van der Waals surface area contributed by atoms with Gasteiger partial charge >= 0.3 is 0 Å². The molecule has 1 aliphatic heterocycles. The summed E-state index contributed by atoms with van der Waals surface area (Å²) in [5.74, 6) is 0.502. The standard InChI is InChI=1S/C20H20N2O3/c1-3-22-13(2)10-14-11-15(8-9-17(14)22)21-20(23)19-16-6-4-5-7-18(16)24-12-25-19/h4-11,19H,3,12H2,1-2H3,(H,21,23)/t19-/m1/s1. The van der Waals surface area contributed by atoms with Crippen LogP contribution in [0, 0.1) is 6.92 Å². The Hall–Kier alpha value is -2.79. The molecule has 0 spiro atoms. The third-order valence-corrected chi connectivity index (χ3v) is 4.58. The molecule has 0 radical (unpaired) electrons. The summed E-state index contributed by atoms with van der Waals surface area (Å²) >= 11 is 0. The molecule has 1 aromatic heterocycles. The summed E-state index contributed by atoms with van der Waals surface area (Å²) in [5.41, 5.74) is 3.90. The summed E-state index contributed by atoms with van der Waals surface area (Å²) in [4.78, 5) is 12.7. The maximum Gasteiger partial charge on any atom is 0.258 e. The van der Waals surface area contributed by atoms with Crippen LogP contribution >= 0.6 is 0 Å². The zero-order valence-electron chi connectivity index (χ0n) is 14.3. The van der Waals surface area contributed by atoms with E-state index in [2.05, 4.69) is 29.8 Å². The molecular formula is C20H20N2O3. The molecule has 2 heterocycles. The second kappa shape index (κ2) is 6.26. The molecule has 4 rings (SSSR count). The highest BCUT2D eigenvalue weighted by Gasteiger charge is 2.28. The number of nitrogens with zero attached hydrogens (tertiary/aromatic N) is 1. The number of nitrogens with one attached hydrogen (secondary N) is 1. The van der Waals surface area contributed by atoms with Gasteiger partial charge in [0.1, 0.15) is 5.75 Å². The number of para-hydroxylation sites is 1. The van der Waals surface area contributed by atoms with Crippen LogP contribution in [0.5, 0.6) is 5.75 Å². The minimum atomic E-state index is -0.664. The van der Waals surface area contributed by atoms with Gasteiger partial charge in [-0.05, 0) is 44.2 Å². The van der Waals surface area contributed by atoms with Crippen molar-refractivity contribution in [1.29, 1.82) is 0 Å². The van der Waals surface area contributed by atoms with Crippen LogP contribution in [-0.4, -0.2) is 17.3 Å². The topological polar surface area (TPSA) is 52.5 Å². The van der Waals surface area contributed by atoms with Gasteiger partial charge in [0.2, 0.25) is 0 Å². The SMILES string of the molecule is CCn1c(C)cc2cc(NC(=O)[C@@H]3OCOc4ccccc43)ccc21. The smallest absolute Gasteiger partial charge is 0.258 e. The van der Waals surface area contributed by atoms with Crippen molar-refractivity contribution in [2.75, 3.05) is 12.1 Å². The number of hydrogen-bond acceptors (Lipinski definition) is 3. The fourth-order valence-corrected chi connectivity index (χ4v) is 3.42. The molecule has 0 saturated carbocycles. The zero-order chi connectivity index (χ0) is 17.4. The van der Waals surface area contributed by atoms with Crippen molar-refractivity contribution in [2.45, 2.75) is 26.5 Å². The van der Waals surface area contributed by atoms with Gasteiger partial charge < -0.3 is 19.4 Å². The first-order valence-electron chi connectivity index (χ1n) is 8.41. The van der Waals surface area contributed by atoms with Gasteiger partial charge in [0.05, 0.1) is 0 Å². The zero-order valence-corrected chi connectivity index (χ0v) is 14.3. The van der Waals surface area contributed by atoms with E-state index in [4.69, 9.17) is 9.47 Å². The number of carbonyl (C=O) groups excluding carboxylic acids is 1. The average Bonchev–Trinajstić information content (AvgIpc) is 2.95. The molecule has 5 heteroatoms. The number of benzene rings is 2. The van der Waals surface area contributed by atoms with Crippen molar-refractivity contribution in [3.63, 3.8) is 0 Å². The molecular weight excluding hydrogens is 316 g/mol. The van der Waals surface area contributed by atoms with E-state index in [1.807, 2.05) is 42.5 Å². The molecule has 1 aliphatic rings. The first kappa shape index (κ1) is 15.7. The van der Waals surface area contributed by atoms with Crippen LogP contribution in [0.25, 0.3) is 10.9 Å². The Bertz CT molecular complexity index is 945. The first-order chi connectivity index (χ1) is 12.2. The average molecular weight is 336 g/mol. The van der Waals surface area contributed by atoms with E-state index < -0.39 is 6.10 Å². The highest BCUT2D eigenvalue weighted by molar-refractivity contribution is 5.97. The monoisotopic (exact) mass is 336 g/mol. The Labute approximate surface area is 146 Å². The van der Waals surface area contributed by atoms with Crippen molar-refractivity contribution < 1.29 is 14.3 Å². The summed E-state index contributed by atoms with van der Waals surface area (Å²) in [5, 5.41) is 4.08. The maximum absolute atomic E-state index is 12.7. The third kappa shape index (κ3) is 2.76. The van der Waals surface area contributed by atoms with Crippen molar-refractivity contribution >= 4 is 22.5 Å². The normalized spacial score (nSPS) is 16.3. The fourth-order valence-electron chi connectivity index (χ4n) is 3.42. The summed E-state index contributed by atoms with van der Waals surface area (Å²) in [6, 6.07) is 15.6. The Morgan fingerprint density at radius 2 is 2.08 bits per heavy atom. The molecule has 0 aliphatic carbocycles. The number of fused-ring (bicyclic) bond motifs is 2. The quantitative estimate of drug-likeness (QED) is 0.786. The number of hydrogen-bond donors (Lipinski definition) is 1. The van der Waals surface area contributed by atoms with Gasteiger partial charge in [-0.25, -0.2) is 0 Å². The van der Waals surface area contributed by atoms with Crippen molar-refractivity contribution in [3.8, 4) is 5.75 Å². The van der Waals surface area contributed by atoms with Crippen LogP contribution in [0.1, 0.15) is 24.3 Å². The van der Waals surface area contributed by atoms with Crippen LogP contribution in [0.4, 0.5) is 5.69 Å². The van der Waals surface area contributed by atoms with Crippen molar-refractivity contribution in [1.82, 2.24) is 4.57 Å².